The molecule has 0 heterocycles. The highest BCUT2D eigenvalue weighted by Gasteiger charge is 2.27. The zero-order chi connectivity index (χ0) is 21.4. The molecule has 1 aliphatic rings. The Morgan fingerprint density at radius 2 is 1.60 bits per heavy atom. The highest BCUT2D eigenvalue weighted by atomic mass is 35.5. The molecule has 0 radical (unpaired) electrons. The number of nitrogens with zero attached hydrogens (tertiary/aromatic N) is 2. The Balaban J connectivity index is 1.77. The van der Waals surface area contributed by atoms with Crippen molar-refractivity contribution in [2.75, 3.05) is 6.54 Å². The fourth-order valence-electron chi connectivity index (χ4n) is 3.35. The molecule has 1 fully saturated rings. The molecule has 1 amide bonds. The molecular weight excluding hydrogens is 422 g/mol. The Hall–Kier alpha value is -2.22. The van der Waals surface area contributed by atoms with Gasteiger partial charge >= 0.3 is 0 Å². The minimum Gasteiger partial charge on any atom is -0.272 e. The van der Waals surface area contributed by atoms with Gasteiger partial charge in [-0.25, -0.2) is 13.8 Å². The lowest BCUT2D eigenvalue weighted by molar-refractivity contribution is -0.121. The van der Waals surface area contributed by atoms with Gasteiger partial charge in [-0.2, -0.15) is 9.41 Å². The van der Waals surface area contributed by atoms with E-state index in [0.29, 0.717) is 5.02 Å². The van der Waals surface area contributed by atoms with Gasteiger partial charge in [0.2, 0.25) is 10.0 Å². The number of hydrogen-bond acceptors (Lipinski definition) is 4. The number of nitrogens with one attached hydrogen (secondary N) is 1. The second-order valence-corrected chi connectivity index (χ2v) is 9.71. The topological polar surface area (TPSA) is 78.8 Å². The Morgan fingerprint density at radius 1 is 0.967 bits per heavy atom. The van der Waals surface area contributed by atoms with E-state index in [-0.39, 0.29) is 18.0 Å². The number of hydrogen-bond donors (Lipinski definition) is 1. The Morgan fingerprint density at radius 3 is 2.23 bits per heavy atom. The summed E-state index contributed by atoms with van der Waals surface area (Å²) in [7, 11) is -3.89. The summed E-state index contributed by atoms with van der Waals surface area (Å²) in [5.41, 5.74) is 4.31. The summed E-state index contributed by atoms with van der Waals surface area (Å²) in [5, 5.41) is 4.69. The second-order valence-electron chi connectivity index (χ2n) is 7.34. The zero-order valence-electron chi connectivity index (χ0n) is 16.8. The van der Waals surface area contributed by atoms with Crippen molar-refractivity contribution in [3.63, 3.8) is 0 Å². The van der Waals surface area contributed by atoms with Gasteiger partial charge in [-0.3, -0.25) is 4.79 Å². The zero-order valence-corrected chi connectivity index (χ0v) is 18.3. The van der Waals surface area contributed by atoms with E-state index >= 15 is 0 Å². The van der Waals surface area contributed by atoms with Gasteiger partial charge in [-0.1, -0.05) is 54.8 Å². The molecule has 0 bridgehead atoms. The van der Waals surface area contributed by atoms with Crippen LogP contribution >= 0.6 is 11.6 Å². The molecule has 30 heavy (non-hydrogen) atoms. The molecule has 1 N–H and O–H groups in total. The van der Waals surface area contributed by atoms with Crippen LogP contribution in [0.3, 0.4) is 0 Å². The SMILES string of the molecule is O=C(CN(Cc1ccccc1)S(=O)(=O)c1ccc(Cl)cc1)NN=C1CCCCCC1. The molecule has 3 rings (SSSR count). The van der Waals surface area contributed by atoms with E-state index in [2.05, 4.69) is 10.5 Å². The molecule has 0 atom stereocenters. The quantitative estimate of drug-likeness (QED) is 0.506. The first-order valence-electron chi connectivity index (χ1n) is 10.1. The molecule has 1 aliphatic carbocycles. The minimum absolute atomic E-state index is 0.0792. The van der Waals surface area contributed by atoms with Gasteiger partial charge in [0.25, 0.3) is 5.91 Å². The molecule has 8 heteroatoms. The predicted molar refractivity (Wildman–Crippen MR) is 119 cm³/mol. The van der Waals surface area contributed by atoms with Crippen LogP contribution < -0.4 is 5.43 Å². The molecule has 6 nitrogen and oxygen atoms in total. The smallest absolute Gasteiger partial charge is 0.255 e. The lowest BCUT2D eigenvalue weighted by atomic mass is 10.2. The Kier molecular flexibility index (Phi) is 8.01. The largest absolute Gasteiger partial charge is 0.272 e. The Bertz CT molecular complexity index is 966. The number of hydrazone groups is 1. The fraction of sp³-hybridized carbons (Fsp3) is 0.364. The fourth-order valence-corrected chi connectivity index (χ4v) is 4.86. The highest BCUT2D eigenvalue weighted by molar-refractivity contribution is 7.89. The van der Waals surface area contributed by atoms with Gasteiger partial charge in [-0.15, -0.1) is 0 Å². The maximum absolute atomic E-state index is 13.2. The van der Waals surface area contributed by atoms with Crippen molar-refractivity contribution in [3.05, 3.63) is 65.2 Å². The number of sulfonamides is 1. The molecule has 0 unspecified atom stereocenters. The van der Waals surface area contributed by atoms with Gasteiger partial charge in [0.05, 0.1) is 11.4 Å². The van der Waals surface area contributed by atoms with E-state index in [4.69, 9.17) is 11.6 Å². The molecule has 0 aromatic heterocycles. The van der Waals surface area contributed by atoms with Crippen molar-refractivity contribution < 1.29 is 13.2 Å². The van der Waals surface area contributed by atoms with Gasteiger partial charge in [0.15, 0.2) is 0 Å². The summed E-state index contributed by atoms with van der Waals surface area (Å²) in [6.07, 6.45) is 6.24. The number of rotatable bonds is 7. The predicted octanol–water partition coefficient (Wildman–Crippen LogP) is 4.36. The average Bonchev–Trinajstić information content (AvgIpc) is 3.02. The first kappa shape index (κ1) is 22.5. The van der Waals surface area contributed by atoms with Gasteiger partial charge < -0.3 is 0 Å². The molecular formula is C22H26ClN3O3S. The van der Waals surface area contributed by atoms with E-state index in [0.717, 1.165) is 41.3 Å². The lowest BCUT2D eigenvalue weighted by Gasteiger charge is -2.21. The van der Waals surface area contributed by atoms with Crippen LogP contribution in [0.5, 0.6) is 0 Å². The van der Waals surface area contributed by atoms with Crippen LogP contribution in [0.2, 0.25) is 5.02 Å². The number of amides is 1. The molecule has 160 valence electrons. The summed E-state index contributed by atoms with van der Waals surface area (Å²) in [6, 6.07) is 15.1. The maximum atomic E-state index is 13.2. The average molecular weight is 448 g/mol. The summed E-state index contributed by atoms with van der Waals surface area (Å²) < 4.78 is 27.6. The molecule has 0 spiro atoms. The van der Waals surface area contributed by atoms with Crippen LogP contribution in [-0.2, 0) is 21.4 Å². The third-order valence-electron chi connectivity index (χ3n) is 4.99. The number of carbonyl (C=O) groups excluding carboxylic acids is 1. The summed E-state index contributed by atoms with van der Waals surface area (Å²) in [6.45, 7) is -0.244. The van der Waals surface area contributed by atoms with Gasteiger partial charge in [0.1, 0.15) is 0 Å². The molecule has 2 aromatic rings. The van der Waals surface area contributed by atoms with Crippen LogP contribution in [0.25, 0.3) is 0 Å². The normalized spacial score (nSPS) is 14.9. The van der Waals surface area contributed by atoms with Crippen molar-refractivity contribution in [3.8, 4) is 0 Å². The number of benzene rings is 2. The maximum Gasteiger partial charge on any atom is 0.255 e. The standard InChI is InChI=1S/C22H26ClN3O3S/c23-19-12-14-21(15-13-19)30(28,29)26(16-18-8-4-3-5-9-18)17-22(27)25-24-20-10-6-1-2-7-11-20/h3-5,8-9,12-15H,1-2,6-7,10-11,16-17H2,(H,25,27). The first-order valence-corrected chi connectivity index (χ1v) is 11.9. The molecule has 1 saturated carbocycles. The van der Waals surface area contributed by atoms with Crippen LogP contribution in [-0.4, -0.2) is 30.9 Å². The van der Waals surface area contributed by atoms with Crippen molar-refractivity contribution in [1.29, 1.82) is 0 Å². The summed E-state index contributed by atoms with van der Waals surface area (Å²) in [4.78, 5) is 12.6. The van der Waals surface area contributed by atoms with Gasteiger partial charge in [-0.05, 0) is 55.5 Å². The van der Waals surface area contributed by atoms with Crippen LogP contribution in [0, 0.1) is 0 Å². The lowest BCUT2D eigenvalue weighted by Crippen LogP contribution is -2.39. The number of halogens is 1. The van der Waals surface area contributed by atoms with E-state index in [1.165, 1.54) is 37.1 Å². The molecule has 2 aromatic carbocycles. The summed E-state index contributed by atoms with van der Waals surface area (Å²) >= 11 is 5.89. The first-order chi connectivity index (χ1) is 14.4. The van der Waals surface area contributed by atoms with E-state index < -0.39 is 15.9 Å². The summed E-state index contributed by atoms with van der Waals surface area (Å²) in [5.74, 6) is -0.458. The van der Waals surface area contributed by atoms with Crippen molar-refractivity contribution in [2.24, 2.45) is 5.10 Å². The van der Waals surface area contributed by atoms with Crippen molar-refractivity contribution in [2.45, 2.75) is 50.0 Å². The number of carbonyl (C=O) groups is 1. The van der Waals surface area contributed by atoms with E-state index in [1.54, 1.807) is 0 Å². The van der Waals surface area contributed by atoms with E-state index in [9.17, 15) is 13.2 Å². The van der Waals surface area contributed by atoms with Crippen molar-refractivity contribution in [1.82, 2.24) is 9.73 Å². The highest BCUT2D eigenvalue weighted by Crippen LogP contribution is 2.20. The molecule has 0 saturated heterocycles. The second kappa shape index (κ2) is 10.7. The van der Waals surface area contributed by atoms with Crippen LogP contribution in [0.4, 0.5) is 0 Å². The van der Waals surface area contributed by atoms with Crippen LogP contribution in [0.15, 0.2) is 64.6 Å². The van der Waals surface area contributed by atoms with E-state index in [1.807, 2.05) is 30.3 Å². The van der Waals surface area contributed by atoms with Crippen molar-refractivity contribution >= 4 is 33.2 Å². The third kappa shape index (κ3) is 6.39. The minimum atomic E-state index is -3.89. The van der Waals surface area contributed by atoms with Crippen LogP contribution in [0.1, 0.15) is 44.1 Å². The monoisotopic (exact) mass is 447 g/mol. The van der Waals surface area contributed by atoms with Gasteiger partial charge in [0, 0.05) is 17.3 Å². The Labute approximate surface area is 183 Å². The molecule has 0 aliphatic heterocycles. The third-order valence-corrected chi connectivity index (χ3v) is 7.05.